The number of ether oxygens (including phenoxy) is 1. The van der Waals surface area contributed by atoms with Crippen LogP contribution in [0, 0.1) is 6.92 Å². The van der Waals surface area contributed by atoms with Crippen LogP contribution in [0.3, 0.4) is 0 Å². The molecule has 2 aromatic heterocycles. The lowest BCUT2D eigenvalue weighted by Crippen LogP contribution is -2.38. The predicted molar refractivity (Wildman–Crippen MR) is 65.8 cm³/mol. The van der Waals surface area contributed by atoms with Gasteiger partial charge in [0.25, 0.3) is 5.89 Å². The van der Waals surface area contributed by atoms with Crippen LogP contribution in [0.4, 0.5) is 0 Å². The SMILES string of the molecule is COCC(C)(N)c1noc(-c2sccc2C)n1. The average Bonchev–Trinajstić information content (AvgIpc) is 2.85. The van der Waals surface area contributed by atoms with Crippen molar-refractivity contribution < 1.29 is 9.26 Å². The van der Waals surface area contributed by atoms with Gasteiger partial charge in [-0.1, -0.05) is 5.16 Å². The van der Waals surface area contributed by atoms with E-state index in [2.05, 4.69) is 10.1 Å². The van der Waals surface area contributed by atoms with E-state index in [1.807, 2.05) is 25.3 Å². The van der Waals surface area contributed by atoms with Crippen LogP contribution in [0.1, 0.15) is 18.3 Å². The van der Waals surface area contributed by atoms with Gasteiger partial charge in [0.15, 0.2) is 5.82 Å². The molecule has 0 aliphatic rings. The Bertz CT molecular complexity index is 504. The second kappa shape index (κ2) is 4.56. The van der Waals surface area contributed by atoms with Crippen molar-refractivity contribution >= 4 is 11.3 Å². The van der Waals surface area contributed by atoms with Crippen molar-refractivity contribution in [2.75, 3.05) is 13.7 Å². The molecule has 6 heteroatoms. The number of aromatic nitrogens is 2. The third kappa shape index (κ3) is 2.38. The van der Waals surface area contributed by atoms with E-state index in [4.69, 9.17) is 15.0 Å². The molecule has 0 aromatic carbocycles. The number of hydrogen-bond donors (Lipinski definition) is 1. The fourth-order valence-electron chi connectivity index (χ4n) is 1.50. The topological polar surface area (TPSA) is 74.2 Å². The highest BCUT2D eigenvalue weighted by Gasteiger charge is 2.28. The highest BCUT2D eigenvalue weighted by Crippen LogP contribution is 2.28. The maximum atomic E-state index is 6.05. The first kappa shape index (κ1) is 12.2. The Morgan fingerprint density at radius 3 is 2.94 bits per heavy atom. The van der Waals surface area contributed by atoms with Crippen LogP contribution in [0.5, 0.6) is 0 Å². The quantitative estimate of drug-likeness (QED) is 0.901. The van der Waals surface area contributed by atoms with Crippen LogP contribution in [0.2, 0.25) is 0 Å². The van der Waals surface area contributed by atoms with E-state index in [0.29, 0.717) is 18.3 Å². The first-order chi connectivity index (χ1) is 8.04. The van der Waals surface area contributed by atoms with Crippen molar-refractivity contribution in [2.24, 2.45) is 5.73 Å². The fourth-order valence-corrected chi connectivity index (χ4v) is 2.35. The maximum Gasteiger partial charge on any atom is 0.268 e. The normalized spacial score (nSPS) is 14.8. The average molecular weight is 253 g/mol. The number of nitrogens with zero attached hydrogens (tertiary/aromatic N) is 2. The third-order valence-electron chi connectivity index (χ3n) is 2.44. The van der Waals surface area contributed by atoms with E-state index < -0.39 is 5.54 Å². The van der Waals surface area contributed by atoms with Gasteiger partial charge in [-0.2, -0.15) is 4.98 Å². The van der Waals surface area contributed by atoms with Gasteiger partial charge < -0.3 is 15.0 Å². The Balaban J connectivity index is 2.31. The van der Waals surface area contributed by atoms with Crippen molar-refractivity contribution in [3.8, 4) is 10.8 Å². The summed E-state index contributed by atoms with van der Waals surface area (Å²) in [4.78, 5) is 5.31. The molecule has 2 rings (SSSR count). The Kier molecular flexibility index (Phi) is 3.28. The van der Waals surface area contributed by atoms with Crippen LogP contribution < -0.4 is 5.73 Å². The van der Waals surface area contributed by atoms with E-state index in [0.717, 1.165) is 10.4 Å². The molecule has 0 aliphatic heterocycles. The van der Waals surface area contributed by atoms with Crippen molar-refractivity contribution in [1.29, 1.82) is 0 Å². The molecule has 0 saturated heterocycles. The van der Waals surface area contributed by atoms with Crippen LogP contribution >= 0.6 is 11.3 Å². The lowest BCUT2D eigenvalue weighted by atomic mass is 10.1. The summed E-state index contributed by atoms with van der Waals surface area (Å²) in [7, 11) is 1.59. The van der Waals surface area contributed by atoms with Gasteiger partial charge in [-0.05, 0) is 30.9 Å². The van der Waals surface area contributed by atoms with Crippen LogP contribution in [-0.4, -0.2) is 23.9 Å². The molecule has 0 bridgehead atoms. The number of rotatable bonds is 4. The third-order valence-corrected chi connectivity index (χ3v) is 3.44. The van der Waals surface area contributed by atoms with Gasteiger partial charge in [0.2, 0.25) is 0 Å². The minimum atomic E-state index is -0.734. The summed E-state index contributed by atoms with van der Waals surface area (Å²) in [6.45, 7) is 4.16. The summed E-state index contributed by atoms with van der Waals surface area (Å²) in [5, 5.41) is 5.91. The number of thiophene rings is 1. The standard InChI is InChI=1S/C11H15N3O2S/c1-7-4-5-17-8(7)9-13-10(14-16-9)11(2,12)6-15-3/h4-5H,6,12H2,1-3H3. The van der Waals surface area contributed by atoms with Crippen molar-refractivity contribution in [1.82, 2.24) is 10.1 Å². The van der Waals surface area contributed by atoms with Gasteiger partial charge in [-0.3, -0.25) is 0 Å². The van der Waals surface area contributed by atoms with Crippen LogP contribution in [0.15, 0.2) is 16.0 Å². The Hall–Kier alpha value is -1.24. The fraction of sp³-hybridized carbons (Fsp3) is 0.455. The van der Waals surface area contributed by atoms with Gasteiger partial charge in [0, 0.05) is 7.11 Å². The van der Waals surface area contributed by atoms with E-state index in [-0.39, 0.29) is 0 Å². The summed E-state index contributed by atoms with van der Waals surface area (Å²) in [5.74, 6) is 0.974. The summed E-state index contributed by atoms with van der Waals surface area (Å²) >= 11 is 1.57. The smallest absolute Gasteiger partial charge is 0.268 e. The van der Waals surface area contributed by atoms with E-state index in [1.54, 1.807) is 18.4 Å². The molecule has 92 valence electrons. The minimum absolute atomic E-state index is 0.343. The zero-order valence-electron chi connectivity index (χ0n) is 10.1. The number of aryl methyl sites for hydroxylation is 1. The van der Waals surface area contributed by atoms with Crippen LogP contribution in [0.25, 0.3) is 10.8 Å². The van der Waals surface area contributed by atoms with Crippen molar-refractivity contribution in [2.45, 2.75) is 19.4 Å². The predicted octanol–water partition coefficient (Wildman–Crippen LogP) is 1.93. The van der Waals surface area contributed by atoms with Crippen molar-refractivity contribution in [3.63, 3.8) is 0 Å². The molecule has 0 amide bonds. The molecule has 17 heavy (non-hydrogen) atoms. The molecule has 0 fully saturated rings. The highest BCUT2D eigenvalue weighted by atomic mass is 32.1. The Labute approximate surface area is 104 Å². The Morgan fingerprint density at radius 2 is 2.35 bits per heavy atom. The zero-order chi connectivity index (χ0) is 12.5. The second-order valence-electron chi connectivity index (χ2n) is 4.21. The first-order valence-electron chi connectivity index (χ1n) is 5.21. The number of hydrogen-bond acceptors (Lipinski definition) is 6. The van der Waals surface area contributed by atoms with E-state index >= 15 is 0 Å². The molecular weight excluding hydrogens is 238 g/mol. The first-order valence-corrected chi connectivity index (χ1v) is 6.09. The van der Waals surface area contributed by atoms with Crippen molar-refractivity contribution in [3.05, 3.63) is 22.8 Å². The van der Waals surface area contributed by atoms with Gasteiger partial charge in [0.1, 0.15) is 5.54 Å². The molecular formula is C11H15N3O2S. The molecule has 1 atom stereocenters. The summed E-state index contributed by atoms with van der Waals surface area (Å²) in [6.07, 6.45) is 0. The van der Waals surface area contributed by atoms with Gasteiger partial charge in [-0.15, -0.1) is 11.3 Å². The lowest BCUT2D eigenvalue weighted by Gasteiger charge is -2.18. The number of nitrogens with two attached hydrogens (primary N) is 1. The van der Waals surface area contributed by atoms with Gasteiger partial charge in [0.05, 0.1) is 11.5 Å². The molecule has 2 N–H and O–H groups in total. The maximum absolute atomic E-state index is 6.05. The second-order valence-corrected chi connectivity index (χ2v) is 5.12. The minimum Gasteiger partial charge on any atom is -0.382 e. The van der Waals surface area contributed by atoms with E-state index in [9.17, 15) is 0 Å². The molecule has 0 radical (unpaired) electrons. The van der Waals surface area contributed by atoms with Gasteiger partial charge in [-0.25, -0.2) is 0 Å². The zero-order valence-corrected chi connectivity index (χ0v) is 10.9. The molecule has 0 saturated carbocycles. The van der Waals surface area contributed by atoms with Gasteiger partial charge >= 0.3 is 0 Å². The summed E-state index contributed by atoms with van der Waals surface area (Å²) < 4.78 is 10.3. The molecule has 5 nitrogen and oxygen atoms in total. The molecule has 0 spiro atoms. The Morgan fingerprint density at radius 1 is 1.59 bits per heavy atom. The number of methoxy groups -OCH3 is 1. The molecule has 2 aromatic rings. The lowest BCUT2D eigenvalue weighted by molar-refractivity contribution is 0.135. The molecule has 1 unspecified atom stereocenters. The monoisotopic (exact) mass is 253 g/mol. The van der Waals surface area contributed by atoms with Crippen LogP contribution in [-0.2, 0) is 10.3 Å². The molecule has 0 aliphatic carbocycles. The summed E-state index contributed by atoms with van der Waals surface area (Å²) in [6, 6.07) is 2.01. The van der Waals surface area contributed by atoms with E-state index in [1.165, 1.54) is 0 Å². The largest absolute Gasteiger partial charge is 0.382 e. The molecule has 2 heterocycles. The summed E-state index contributed by atoms with van der Waals surface area (Å²) in [5.41, 5.74) is 6.43. The highest BCUT2D eigenvalue weighted by molar-refractivity contribution is 7.13.